The molecule has 1 aliphatic rings. The second-order valence-corrected chi connectivity index (χ2v) is 5.02. The summed E-state index contributed by atoms with van der Waals surface area (Å²) in [6.45, 7) is 2.84. The minimum Gasteiger partial charge on any atom is -0.360 e. The Hall–Kier alpha value is -1.16. The maximum atomic E-state index is 5.30. The summed E-state index contributed by atoms with van der Waals surface area (Å²) in [5, 5.41) is 7.40. The van der Waals surface area contributed by atoms with Gasteiger partial charge in [-0.3, -0.25) is 4.98 Å². The third-order valence-corrected chi connectivity index (χ3v) is 3.53. The molecule has 1 aliphatic carbocycles. The van der Waals surface area contributed by atoms with Crippen molar-refractivity contribution in [2.75, 3.05) is 0 Å². The van der Waals surface area contributed by atoms with Crippen molar-refractivity contribution in [3.8, 4) is 0 Å². The van der Waals surface area contributed by atoms with Gasteiger partial charge in [-0.1, -0.05) is 12.8 Å². The van der Waals surface area contributed by atoms with E-state index in [1.54, 1.807) is 0 Å². The molecular weight excluding hydrogens is 230 g/mol. The largest absolute Gasteiger partial charge is 0.360 e. The van der Waals surface area contributed by atoms with Crippen LogP contribution in [-0.4, -0.2) is 16.1 Å². The van der Waals surface area contributed by atoms with E-state index in [4.69, 9.17) is 12.2 Å². The van der Waals surface area contributed by atoms with Crippen LogP contribution in [-0.2, 0) is 6.54 Å². The highest BCUT2D eigenvalue weighted by molar-refractivity contribution is 7.80. The summed E-state index contributed by atoms with van der Waals surface area (Å²) in [6, 6.07) is 2.61. The Morgan fingerprint density at radius 1 is 1.47 bits per heavy atom. The molecule has 3 nitrogen and oxygen atoms in total. The molecule has 1 fully saturated rings. The molecule has 1 aromatic heterocycles. The van der Waals surface area contributed by atoms with Crippen molar-refractivity contribution < 1.29 is 0 Å². The van der Waals surface area contributed by atoms with Crippen molar-refractivity contribution in [1.82, 2.24) is 15.6 Å². The van der Waals surface area contributed by atoms with E-state index in [0.717, 1.165) is 11.7 Å². The first-order valence-corrected chi connectivity index (χ1v) is 6.60. The molecule has 92 valence electrons. The van der Waals surface area contributed by atoms with E-state index >= 15 is 0 Å². The van der Waals surface area contributed by atoms with Crippen LogP contribution in [0.1, 0.15) is 36.8 Å². The van der Waals surface area contributed by atoms with E-state index in [1.165, 1.54) is 36.8 Å². The Labute approximate surface area is 108 Å². The average molecular weight is 249 g/mol. The van der Waals surface area contributed by atoms with E-state index in [9.17, 15) is 0 Å². The molecule has 1 saturated carbocycles. The molecule has 0 aromatic carbocycles. The number of nitrogens with one attached hydrogen (secondary N) is 2. The molecule has 0 saturated heterocycles. The zero-order valence-electron chi connectivity index (χ0n) is 10.2. The molecule has 2 N–H and O–H groups in total. The molecule has 0 atom stereocenters. The van der Waals surface area contributed by atoms with Gasteiger partial charge in [0.25, 0.3) is 0 Å². The van der Waals surface area contributed by atoms with E-state index in [2.05, 4.69) is 22.5 Å². The molecule has 0 spiro atoms. The summed E-state index contributed by atoms with van der Waals surface area (Å²) < 4.78 is 0. The van der Waals surface area contributed by atoms with Crippen LogP contribution >= 0.6 is 12.2 Å². The molecule has 17 heavy (non-hydrogen) atoms. The zero-order chi connectivity index (χ0) is 12.1. The molecule has 1 aromatic rings. The first-order chi connectivity index (χ1) is 8.25. The fourth-order valence-electron chi connectivity index (χ4n) is 2.18. The molecule has 2 rings (SSSR count). The van der Waals surface area contributed by atoms with Crippen molar-refractivity contribution >= 4 is 17.3 Å². The lowest BCUT2D eigenvalue weighted by molar-refractivity contribution is 0.621. The van der Waals surface area contributed by atoms with Crippen molar-refractivity contribution in [1.29, 1.82) is 0 Å². The Kier molecular flexibility index (Phi) is 4.31. The van der Waals surface area contributed by atoms with Crippen molar-refractivity contribution in [3.05, 3.63) is 29.6 Å². The molecule has 1 heterocycles. The maximum absolute atomic E-state index is 5.30. The molecule has 4 heteroatoms. The average Bonchev–Trinajstić information content (AvgIpc) is 2.81. The topological polar surface area (TPSA) is 37.0 Å². The van der Waals surface area contributed by atoms with Crippen LogP contribution in [0.3, 0.4) is 0 Å². The predicted octanol–water partition coefficient (Wildman–Crippen LogP) is 2.30. The van der Waals surface area contributed by atoms with Crippen LogP contribution in [0.5, 0.6) is 0 Å². The monoisotopic (exact) mass is 249 g/mol. The lowest BCUT2D eigenvalue weighted by Crippen LogP contribution is -2.40. The van der Waals surface area contributed by atoms with Gasteiger partial charge in [-0.05, 0) is 49.2 Å². The third kappa shape index (κ3) is 3.66. The first-order valence-electron chi connectivity index (χ1n) is 6.19. The number of rotatable bonds is 3. The minimum atomic E-state index is 0.577. The minimum absolute atomic E-state index is 0.577. The molecule has 0 amide bonds. The standard InChI is InChI=1S/C13H19N3S/c1-10-8-14-7-6-11(10)9-15-13(17)16-12-4-2-3-5-12/h6-8,12H,2-5,9H2,1H3,(H2,15,16,17). The van der Waals surface area contributed by atoms with Crippen LogP contribution in [0.2, 0.25) is 0 Å². The summed E-state index contributed by atoms with van der Waals surface area (Å²) in [5.41, 5.74) is 2.44. The highest BCUT2D eigenvalue weighted by Gasteiger charge is 2.15. The van der Waals surface area contributed by atoms with Gasteiger partial charge in [0.05, 0.1) is 0 Å². The SMILES string of the molecule is Cc1cnccc1CNC(=S)NC1CCCC1. The van der Waals surface area contributed by atoms with Gasteiger partial charge in [-0.25, -0.2) is 0 Å². The molecule has 0 unspecified atom stereocenters. The Morgan fingerprint density at radius 3 is 2.94 bits per heavy atom. The number of hydrogen-bond acceptors (Lipinski definition) is 2. The summed E-state index contributed by atoms with van der Waals surface area (Å²) in [6.07, 6.45) is 8.83. The number of hydrogen-bond donors (Lipinski definition) is 2. The lowest BCUT2D eigenvalue weighted by atomic mass is 10.1. The second kappa shape index (κ2) is 5.96. The normalized spacial score (nSPS) is 15.8. The van der Waals surface area contributed by atoms with Crippen LogP contribution < -0.4 is 10.6 Å². The van der Waals surface area contributed by atoms with E-state index < -0.39 is 0 Å². The highest BCUT2D eigenvalue weighted by atomic mass is 32.1. The number of nitrogens with zero attached hydrogens (tertiary/aromatic N) is 1. The number of aryl methyl sites for hydroxylation is 1. The summed E-state index contributed by atoms with van der Waals surface area (Å²) >= 11 is 5.30. The van der Waals surface area contributed by atoms with E-state index in [0.29, 0.717) is 6.04 Å². The Bertz CT molecular complexity index is 386. The highest BCUT2D eigenvalue weighted by Crippen LogP contribution is 2.17. The zero-order valence-corrected chi connectivity index (χ0v) is 11.0. The lowest BCUT2D eigenvalue weighted by Gasteiger charge is -2.16. The first kappa shape index (κ1) is 12.3. The van der Waals surface area contributed by atoms with Gasteiger partial charge < -0.3 is 10.6 Å². The molecule has 0 bridgehead atoms. The van der Waals surface area contributed by atoms with E-state index in [-0.39, 0.29) is 0 Å². The van der Waals surface area contributed by atoms with Crippen molar-refractivity contribution in [3.63, 3.8) is 0 Å². The molecule has 0 radical (unpaired) electrons. The molecule has 0 aliphatic heterocycles. The van der Waals surface area contributed by atoms with Gasteiger partial charge in [0.15, 0.2) is 5.11 Å². The fraction of sp³-hybridized carbons (Fsp3) is 0.538. The van der Waals surface area contributed by atoms with Gasteiger partial charge in [0, 0.05) is 25.0 Å². The Balaban J connectivity index is 1.77. The maximum Gasteiger partial charge on any atom is 0.166 e. The van der Waals surface area contributed by atoms with Gasteiger partial charge in [-0.15, -0.1) is 0 Å². The van der Waals surface area contributed by atoms with Crippen LogP contribution in [0.15, 0.2) is 18.5 Å². The van der Waals surface area contributed by atoms with Crippen LogP contribution in [0, 0.1) is 6.92 Å². The molecular formula is C13H19N3S. The third-order valence-electron chi connectivity index (χ3n) is 3.27. The number of pyridine rings is 1. The second-order valence-electron chi connectivity index (χ2n) is 4.61. The van der Waals surface area contributed by atoms with Gasteiger partial charge >= 0.3 is 0 Å². The Morgan fingerprint density at radius 2 is 2.24 bits per heavy atom. The van der Waals surface area contributed by atoms with Crippen LogP contribution in [0.4, 0.5) is 0 Å². The fourth-order valence-corrected chi connectivity index (χ4v) is 2.42. The van der Waals surface area contributed by atoms with E-state index in [1.807, 2.05) is 18.5 Å². The van der Waals surface area contributed by atoms with Crippen molar-refractivity contribution in [2.24, 2.45) is 0 Å². The number of thiocarbonyl (C=S) groups is 1. The number of aromatic nitrogens is 1. The van der Waals surface area contributed by atoms with Crippen molar-refractivity contribution in [2.45, 2.75) is 45.2 Å². The smallest absolute Gasteiger partial charge is 0.166 e. The summed E-state index contributed by atoms with van der Waals surface area (Å²) in [7, 11) is 0. The van der Waals surface area contributed by atoms with Crippen LogP contribution in [0.25, 0.3) is 0 Å². The van der Waals surface area contributed by atoms with Gasteiger partial charge in [0.1, 0.15) is 0 Å². The van der Waals surface area contributed by atoms with Gasteiger partial charge in [0.2, 0.25) is 0 Å². The van der Waals surface area contributed by atoms with Gasteiger partial charge in [-0.2, -0.15) is 0 Å². The summed E-state index contributed by atoms with van der Waals surface area (Å²) in [4.78, 5) is 4.08. The summed E-state index contributed by atoms with van der Waals surface area (Å²) in [5.74, 6) is 0. The quantitative estimate of drug-likeness (QED) is 0.806. The predicted molar refractivity (Wildman–Crippen MR) is 73.8 cm³/mol.